The summed E-state index contributed by atoms with van der Waals surface area (Å²) in [6, 6.07) is 22.6. The van der Waals surface area contributed by atoms with E-state index in [1.165, 1.54) is 0 Å². The number of para-hydroxylation sites is 1. The van der Waals surface area contributed by atoms with Crippen molar-refractivity contribution >= 4 is 21.7 Å². The molecule has 1 aromatic heterocycles. The lowest BCUT2D eigenvalue weighted by molar-refractivity contribution is 0.356. The van der Waals surface area contributed by atoms with E-state index < -0.39 is 0 Å². The Hall–Kier alpha value is -3.07. The van der Waals surface area contributed by atoms with Gasteiger partial charge in [-0.05, 0) is 41.1 Å². The minimum Gasteiger partial charge on any atom is -0.493 e. The van der Waals surface area contributed by atoms with Gasteiger partial charge in [0.2, 0.25) is 0 Å². The van der Waals surface area contributed by atoms with Crippen molar-refractivity contribution < 1.29 is 9.47 Å². The molecule has 0 saturated carbocycles. The monoisotopic (exact) mass is 315 g/mol. The quantitative estimate of drug-likeness (QED) is 0.529. The molecule has 0 N–H and O–H groups in total. The lowest BCUT2D eigenvalue weighted by atomic mass is 10.0. The fourth-order valence-corrected chi connectivity index (χ4v) is 2.96. The second-order valence-corrected chi connectivity index (χ2v) is 5.66. The zero-order chi connectivity index (χ0) is 16.5. The van der Waals surface area contributed by atoms with Crippen molar-refractivity contribution in [2.45, 2.75) is 0 Å². The second kappa shape index (κ2) is 5.85. The number of fused-ring (bicyclic) bond motifs is 2. The van der Waals surface area contributed by atoms with Crippen molar-refractivity contribution in [1.29, 1.82) is 0 Å². The summed E-state index contributed by atoms with van der Waals surface area (Å²) in [6.07, 6.45) is 0. The fraction of sp³-hybridized carbons (Fsp3) is 0.0952. The number of hydrogen-bond donors (Lipinski definition) is 0. The Bertz CT molecular complexity index is 1040. The Morgan fingerprint density at radius 3 is 2.17 bits per heavy atom. The second-order valence-electron chi connectivity index (χ2n) is 5.66. The van der Waals surface area contributed by atoms with Gasteiger partial charge < -0.3 is 9.47 Å². The van der Waals surface area contributed by atoms with E-state index in [4.69, 9.17) is 14.5 Å². The molecule has 24 heavy (non-hydrogen) atoms. The fourth-order valence-electron chi connectivity index (χ4n) is 2.96. The SMILES string of the molecule is COc1cc2ccc(-c3ccc4ccccc4n3)cc2cc1OC. The van der Waals surface area contributed by atoms with Gasteiger partial charge in [-0.3, -0.25) is 0 Å². The molecule has 1 heterocycles. The van der Waals surface area contributed by atoms with E-state index in [0.29, 0.717) is 0 Å². The number of hydrogen-bond acceptors (Lipinski definition) is 3. The summed E-state index contributed by atoms with van der Waals surface area (Å²) in [4.78, 5) is 4.77. The smallest absolute Gasteiger partial charge is 0.161 e. The van der Waals surface area contributed by atoms with Gasteiger partial charge in [-0.15, -0.1) is 0 Å². The molecule has 118 valence electrons. The van der Waals surface area contributed by atoms with Crippen LogP contribution in [-0.2, 0) is 0 Å². The van der Waals surface area contributed by atoms with Gasteiger partial charge in [0.1, 0.15) is 0 Å². The largest absolute Gasteiger partial charge is 0.493 e. The van der Waals surface area contributed by atoms with Gasteiger partial charge in [-0.2, -0.15) is 0 Å². The minimum atomic E-state index is 0.730. The zero-order valence-electron chi connectivity index (χ0n) is 13.6. The average Bonchev–Trinajstić information content (AvgIpc) is 2.66. The van der Waals surface area contributed by atoms with E-state index >= 15 is 0 Å². The maximum absolute atomic E-state index is 5.41. The molecule has 4 rings (SSSR count). The van der Waals surface area contributed by atoms with Crippen LogP contribution in [0.15, 0.2) is 66.7 Å². The summed E-state index contributed by atoms with van der Waals surface area (Å²) in [5, 5.41) is 3.35. The summed E-state index contributed by atoms with van der Waals surface area (Å²) in [5.41, 5.74) is 3.05. The van der Waals surface area contributed by atoms with Gasteiger partial charge in [-0.1, -0.05) is 36.4 Å². The third kappa shape index (κ3) is 2.44. The molecule has 0 spiro atoms. The lowest BCUT2D eigenvalue weighted by Crippen LogP contribution is -1.91. The first kappa shape index (κ1) is 14.5. The number of aromatic nitrogens is 1. The molecule has 0 fully saturated rings. The van der Waals surface area contributed by atoms with E-state index in [1.54, 1.807) is 14.2 Å². The molecular weight excluding hydrogens is 298 g/mol. The number of nitrogens with zero attached hydrogens (tertiary/aromatic N) is 1. The third-order valence-electron chi connectivity index (χ3n) is 4.24. The molecule has 0 aliphatic rings. The van der Waals surface area contributed by atoms with E-state index in [2.05, 4.69) is 36.4 Å². The third-order valence-corrected chi connectivity index (χ3v) is 4.24. The molecule has 3 nitrogen and oxygen atoms in total. The summed E-state index contributed by atoms with van der Waals surface area (Å²) in [6.45, 7) is 0. The Balaban J connectivity index is 1.86. The van der Waals surface area contributed by atoms with Crippen LogP contribution in [0.2, 0.25) is 0 Å². The van der Waals surface area contributed by atoms with Gasteiger partial charge in [0.25, 0.3) is 0 Å². The minimum absolute atomic E-state index is 0.730. The van der Waals surface area contributed by atoms with E-state index in [1.807, 2.05) is 30.3 Å². The van der Waals surface area contributed by atoms with Gasteiger partial charge in [-0.25, -0.2) is 4.98 Å². The van der Waals surface area contributed by atoms with Crippen LogP contribution in [0.4, 0.5) is 0 Å². The van der Waals surface area contributed by atoms with Crippen LogP contribution in [-0.4, -0.2) is 19.2 Å². The van der Waals surface area contributed by atoms with Crippen LogP contribution in [0.5, 0.6) is 11.5 Å². The summed E-state index contributed by atoms with van der Waals surface area (Å²) >= 11 is 0. The Labute approximate surface area is 140 Å². The number of pyridine rings is 1. The molecule has 4 aromatic rings. The lowest BCUT2D eigenvalue weighted by Gasteiger charge is -2.10. The highest BCUT2D eigenvalue weighted by Gasteiger charge is 2.08. The van der Waals surface area contributed by atoms with Gasteiger partial charge in [0.15, 0.2) is 11.5 Å². The molecule has 0 atom stereocenters. The molecule has 0 radical (unpaired) electrons. The molecule has 0 saturated heterocycles. The highest BCUT2D eigenvalue weighted by Crippen LogP contribution is 2.34. The van der Waals surface area contributed by atoms with E-state index in [-0.39, 0.29) is 0 Å². The molecule has 0 amide bonds. The van der Waals surface area contributed by atoms with Crippen LogP contribution in [0.1, 0.15) is 0 Å². The topological polar surface area (TPSA) is 31.4 Å². The molecule has 0 aliphatic carbocycles. The molecule has 3 heteroatoms. The number of benzene rings is 3. The van der Waals surface area contributed by atoms with Crippen molar-refractivity contribution in [1.82, 2.24) is 4.98 Å². The van der Waals surface area contributed by atoms with Crippen LogP contribution in [0, 0.1) is 0 Å². The summed E-state index contributed by atoms with van der Waals surface area (Å²) in [7, 11) is 3.30. The number of ether oxygens (including phenoxy) is 2. The van der Waals surface area contributed by atoms with E-state index in [0.717, 1.165) is 44.4 Å². The molecule has 0 bridgehead atoms. The normalized spacial score (nSPS) is 10.9. The van der Waals surface area contributed by atoms with Crippen molar-refractivity contribution in [3.63, 3.8) is 0 Å². The maximum atomic E-state index is 5.41. The van der Waals surface area contributed by atoms with Gasteiger partial charge in [0.05, 0.1) is 25.4 Å². The Kier molecular flexibility index (Phi) is 3.54. The Morgan fingerprint density at radius 2 is 1.38 bits per heavy atom. The van der Waals surface area contributed by atoms with Gasteiger partial charge >= 0.3 is 0 Å². The maximum Gasteiger partial charge on any atom is 0.161 e. The first-order valence-electron chi connectivity index (χ1n) is 7.80. The van der Waals surface area contributed by atoms with Crippen LogP contribution < -0.4 is 9.47 Å². The predicted octanol–water partition coefficient (Wildman–Crippen LogP) is 5.07. The van der Waals surface area contributed by atoms with Crippen LogP contribution in [0.25, 0.3) is 32.9 Å². The highest BCUT2D eigenvalue weighted by molar-refractivity contribution is 5.90. The van der Waals surface area contributed by atoms with Crippen molar-refractivity contribution in [3.8, 4) is 22.8 Å². The zero-order valence-corrected chi connectivity index (χ0v) is 13.6. The molecule has 0 aliphatic heterocycles. The molecule has 0 unspecified atom stereocenters. The first-order valence-corrected chi connectivity index (χ1v) is 7.80. The van der Waals surface area contributed by atoms with Crippen molar-refractivity contribution in [2.75, 3.05) is 14.2 Å². The first-order chi connectivity index (χ1) is 11.8. The molecule has 3 aromatic carbocycles. The van der Waals surface area contributed by atoms with Crippen LogP contribution >= 0.6 is 0 Å². The summed E-state index contributed by atoms with van der Waals surface area (Å²) in [5.74, 6) is 1.47. The van der Waals surface area contributed by atoms with E-state index in [9.17, 15) is 0 Å². The molecular formula is C21H17NO2. The summed E-state index contributed by atoms with van der Waals surface area (Å²) < 4.78 is 10.8. The number of methoxy groups -OCH3 is 2. The number of rotatable bonds is 3. The van der Waals surface area contributed by atoms with Crippen LogP contribution in [0.3, 0.4) is 0 Å². The van der Waals surface area contributed by atoms with Gasteiger partial charge in [0, 0.05) is 10.9 Å². The van der Waals surface area contributed by atoms with Crippen molar-refractivity contribution in [3.05, 3.63) is 66.7 Å². The highest BCUT2D eigenvalue weighted by atomic mass is 16.5. The Morgan fingerprint density at radius 1 is 0.667 bits per heavy atom. The predicted molar refractivity (Wildman–Crippen MR) is 97.8 cm³/mol. The van der Waals surface area contributed by atoms with Crippen molar-refractivity contribution in [2.24, 2.45) is 0 Å². The average molecular weight is 315 g/mol. The standard InChI is InChI=1S/C21H17NO2/c1-23-20-12-15-7-8-16(11-17(15)13-21(20)24-2)19-10-9-14-5-3-4-6-18(14)22-19/h3-13H,1-2H3.